The van der Waals surface area contributed by atoms with Gasteiger partial charge < -0.3 is 5.32 Å². The van der Waals surface area contributed by atoms with E-state index in [2.05, 4.69) is 30.9 Å². The maximum atomic E-state index is 13.2. The summed E-state index contributed by atoms with van der Waals surface area (Å²) in [5.41, 5.74) is 1.48. The number of aromatic amines is 1. The number of aromatic nitrogens is 6. The van der Waals surface area contributed by atoms with E-state index in [1.54, 1.807) is 35.0 Å². The first kappa shape index (κ1) is 19.7. The zero-order valence-corrected chi connectivity index (χ0v) is 17.4. The summed E-state index contributed by atoms with van der Waals surface area (Å²) >= 11 is 0. The van der Waals surface area contributed by atoms with Gasteiger partial charge in [0.1, 0.15) is 10.5 Å². The van der Waals surface area contributed by atoms with Crippen LogP contribution in [0, 0.1) is 0 Å². The Hall–Kier alpha value is -3.20. The van der Waals surface area contributed by atoms with Crippen LogP contribution in [0.15, 0.2) is 52.5 Å². The number of tetrazole rings is 1. The highest BCUT2D eigenvalue weighted by molar-refractivity contribution is 7.94. The molecule has 1 aliphatic rings. The van der Waals surface area contributed by atoms with Crippen LogP contribution in [0.1, 0.15) is 0 Å². The first-order chi connectivity index (χ1) is 14.8. The largest absolute Gasteiger partial charge is 0.314 e. The van der Waals surface area contributed by atoms with Gasteiger partial charge in [0.05, 0.1) is 21.4 Å². The molecule has 0 aliphatic carbocycles. The van der Waals surface area contributed by atoms with Gasteiger partial charge in [-0.05, 0) is 23.4 Å². The third-order valence-electron chi connectivity index (χ3n) is 5.17. The van der Waals surface area contributed by atoms with Crippen LogP contribution >= 0.6 is 0 Å². The minimum absolute atomic E-state index is 0.0502. The Kier molecular flexibility index (Phi) is 4.40. The molecule has 14 heteroatoms. The number of hydrogen-bond donors (Lipinski definition) is 3. The number of nitrogens with one attached hydrogen (secondary N) is 2. The van der Waals surface area contributed by atoms with Crippen LogP contribution in [-0.4, -0.2) is 65.2 Å². The molecule has 0 bridgehead atoms. The number of rotatable bonds is 5. The molecule has 0 radical (unpaired) electrons. The molecular weight excluding hydrogens is 444 g/mol. The molecule has 5 rings (SSSR count). The second kappa shape index (κ2) is 6.91. The lowest BCUT2D eigenvalue weighted by Gasteiger charge is -2.28. The van der Waals surface area contributed by atoms with Gasteiger partial charge in [-0.25, -0.2) is 27.0 Å². The van der Waals surface area contributed by atoms with Crippen LogP contribution < -0.4 is 10.5 Å². The topological polar surface area (TPSA) is 178 Å². The van der Waals surface area contributed by atoms with Gasteiger partial charge in [0.25, 0.3) is 0 Å². The summed E-state index contributed by atoms with van der Waals surface area (Å²) in [4.78, 5) is 3.29. The summed E-state index contributed by atoms with van der Waals surface area (Å²) in [5.74, 6) is -0.0973. The van der Waals surface area contributed by atoms with Gasteiger partial charge in [-0.15, -0.1) is 10.2 Å². The van der Waals surface area contributed by atoms with E-state index < -0.39 is 30.0 Å². The maximum absolute atomic E-state index is 13.2. The molecule has 1 saturated heterocycles. The van der Waals surface area contributed by atoms with Crippen molar-refractivity contribution in [3.05, 3.63) is 42.7 Å². The van der Waals surface area contributed by atoms with Crippen LogP contribution in [0.5, 0.6) is 0 Å². The van der Waals surface area contributed by atoms with Crippen molar-refractivity contribution in [2.45, 2.75) is 15.0 Å². The summed E-state index contributed by atoms with van der Waals surface area (Å²) in [6.07, 6.45) is 3.29. The van der Waals surface area contributed by atoms with Crippen molar-refractivity contribution < 1.29 is 16.8 Å². The molecule has 3 aromatic heterocycles. The number of primary sulfonamides is 1. The van der Waals surface area contributed by atoms with Crippen LogP contribution in [0.3, 0.4) is 0 Å². The number of sulfonamides is 1. The predicted molar refractivity (Wildman–Crippen MR) is 109 cm³/mol. The Bertz CT molecular complexity index is 1510. The molecule has 0 saturated carbocycles. The van der Waals surface area contributed by atoms with Crippen molar-refractivity contribution in [2.24, 2.45) is 5.14 Å². The molecule has 1 aliphatic heterocycles. The lowest BCUT2D eigenvalue weighted by molar-refractivity contribution is 0.493. The van der Waals surface area contributed by atoms with Crippen molar-refractivity contribution in [2.75, 3.05) is 13.1 Å². The lowest BCUT2D eigenvalue weighted by Crippen LogP contribution is -2.51. The average molecular weight is 461 g/mol. The van der Waals surface area contributed by atoms with Gasteiger partial charge >= 0.3 is 0 Å². The van der Waals surface area contributed by atoms with Gasteiger partial charge in [-0.3, -0.25) is 4.40 Å². The maximum Gasteiger partial charge on any atom is 0.240 e. The molecule has 160 valence electrons. The van der Waals surface area contributed by atoms with Gasteiger partial charge in [0.2, 0.25) is 15.8 Å². The van der Waals surface area contributed by atoms with Crippen molar-refractivity contribution >= 4 is 25.5 Å². The van der Waals surface area contributed by atoms with Gasteiger partial charge in [0, 0.05) is 31.0 Å². The van der Waals surface area contributed by atoms with E-state index in [9.17, 15) is 16.8 Å². The summed E-state index contributed by atoms with van der Waals surface area (Å²) in [6, 6.07) is 8.06. The highest BCUT2D eigenvalue weighted by atomic mass is 32.2. The number of fused-ring (bicyclic) bond motifs is 1. The second-order valence-corrected chi connectivity index (χ2v) is 10.7. The van der Waals surface area contributed by atoms with Gasteiger partial charge in [-0.2, -0.15) is 5.21 Å². The number of nitrogens with two attached hydrogens (primary N) is 1. The normalized spacial score (nSPS) is 15.3. The molecule has 0 unspecified atom stereocenters. The minimum Gasteiger partial charge on any atom is -0.314 e. The minimum atomic E-state index is -4.51. The van der Waals surface area contributed by atoms with Crippen LogP contribution in [0.4, 0.5) is 0 Å². The molecule has 4 aromatic rings. The molecule has 4 heterocycles. The number of pyridine rings is 1. The number of nitrogens with zero attached hydrogens (tertiary/aromatic N) is 5. The third-order valence-corrected chi connectivity index (χ3v) is 8.46. The van der Waals surface area contributed by atoms with E-state index in [0.29, 0.717) is 16.9 Å². The van der Waals surface area contributed by atoms with Crippen molar-refractivity contribution in [1.29, 1.82) is 0 Å². The van der Waals surface area contributed by atoms with Crippen molar-refractivity contribution in [3.63, 3.8) is 0 Å². The molecule has 1 fully saturated rings. The fraction of sp³-hybridized carbons (Fsp3) is 0.176. The summed E-state index contributed by atoms with van der Waals surface area (Å²) in [6.45, 7) is 0.445. The SMILES string of the molecule is NS(=O)(=O)c1c(S(=O)(=O)C2CNC2)ccc(-c2cccc3nccn23)c1-c1nn[nH]n1. The highest BCUT2D eigenvalue weighted by Crippen LogP contribution is 2.39. The summed E-state index contributed by atoms with van der Waals surface area (Å²) < 4.78 is 53.6. The summed E-state index contributed by atoms with van der Waals surface area (Å²) in [5, 5.41) is 21.3. The number of H-pyrrole nitrogens is 1. The fourth-order valence-electron chi connectivity index (χ4n) is 3.60. The monoisotopic (exact) mass is 460 g/mol. The summed E-state index contributed by atoms with van der Waals surface area (Å²) in [7, 11) is -8.49. The Morgan fingerprint density at radius 2 is 1.90 bits per heavy atom. The van der Waals surface area contributed by atoms with Gasteiger partial charge in [-0.1, -0.05) is 12.1 Å². The van der Waals surface area contributed by atoms with Crippen molar-refractivity contribution in [1.82, 2.24) is 35.3 Å². The Morgan fingerprint density at radius 3 is 2.55 bits per heavy atom. The Balaban J connectivity index is 1.91. The zero-order valence-electron chi connectivity index (χ0n) is 15.8. The average Bonchev–Trinajstić information content (AvgIpc) is 3.35. The fourth-order valence-corrected chi connectivity index (χ4v) is 6.78. The molecular formula is C17H16N8O4S2. The van der Waals surface area contributed by atoms with E-state index in [0.717, 1.165) is 0 Å². The lowest BCUT2D eigenvalue weighted by atomic mass is 10.0. The first-order valence-electron chi connectivity index (χ1n) is 9.09. The second-order valence-electron chi connectivity index (χ2n) is 6.99. The van der Waals surface area contributed by atoms with Gasteiger partial charge in [0.15, 0.2) is 9.84 Å². The molecule has 0 amide bonds. The van der Waals surface area contributed by atoms with Crippen LogP contribution in [0.25, 0.3) is 28.3 Å². The Labute approximate surface area is 176 Å². The van der Waals surface area contributed by atoms with Crippen molar-refractivity contribution in [3.8, 4) is 22.6 Å². The number of imidazole rings is 1. The third kappa shape index (κ3) is 3.11. The standard InChI is InChI=1S/C17H16N8O4S2/c18-31(28,29)16-13(30(26,27)10-8-19-9-10)5-4-11(15(16)17-21-23-24-22-17)12-2-1-3-14-20-6-7-25(12)14/h1-7,10,19H,8-9H2,(H2,18,28,29)(H,21,22,23,24). The quantitative estimate of drug-likeness (QED) is 0.356. The molecule has 1 aromatic carbocycles. The number of benzene rings is 1. The van der Waals surface area contributed by atoms with E-state index in [-0.39, 0.29) is 29.4 Å². The zero-order chi connectivity index (χ0) is 21.8. The van der Waals surface area contributed by atoms with Crippen LogP contribution in [-0.2, 0) is 19.9 Å². The number of hydrogen-bond acceptors (Lipinski definition) is 9. The van der Waals surface area contributed by atoms with E-state index in [4.69, 9.17) is 5.14 Å². The van der Waals surface area contributed by atoms with E-state index in [1.807, 2.05) is 0 Å². The molecule has 31 heavy (non-hydrogen) atoms. The number of sulfone groups is 1. The molecule has 4 N–H and O–H groups in total. The van der Waals surface area contributed by atoms with Crippen LogP contribution in [0.2, 0.25) is 0 Å². The van der Waals surface area contributed by atoms with E-state index in [1.165, 1.54) is 12.1 Å². The molecule has 12 nitrogen and oxygen atoms in total. The predicted octanol–water partition coefficient (Wildman–Crippen LogP) is -0.426. The molecule has 0 atom stereocenters. The molecule has 0 spiro atoms. The Morgan fingerprint density at radius 1 is 1.10 bits per heavy atom. The highest BCUT2D eigenvalue weighted by Gasteiger charge is 2.38. The smallest absolute Gasteiger partial charge is 0.240 e. The first-order valence-corrected chi connectivity index (χ1v) is 12.2. The van der Waals surface area contributed by atoms with E-state index >= 15 is 0 Å².